The van der Waals surface area contributed by atoms with Gasteiger partial charge in [-0.2, -0.15) is 0 Å². The van der Waals surface area contributed by atoms with Crippen molar-refractivity contribution in [2.24, 2.45) is 5.73 Å². The molecule has 4 heteroatoms. The van der Waals surface area contributed by atoms with E-state index in [2.05, 4.69) is 11.4 Å². The number of benzene rings is 1. The molecule has 0 atom stereocenters. The topological polar surface area (TPSA) is 64.3 Å². The molecule has 1 aliphatic rings. The number of carbonyl (C=O) groups excluding carboxylic acids is 1. The van der Waals surface area contributed by atoms with Crippen molar-refractivity contribution in [2.45, 2.75) is 24.7 Å². The van der Waals surface area contributed by atoms with Gasteiger partial charge >= 0.3 is 0 Å². The van der Waals surface area contributed by atoms with Crippen LogP contribution in [0.25, 0.3) is 0 Å². The zero-order chi connectivity index (χ0) is 13.0. The molecule has 1 aliphatic carbocycles. The first-order valence-electron chi connectivity index (χ1n) is 6.32. The van der Waals surface area contributed by atoms with Gasteiger partial charge in [-0.1, -0.05) is 24.6 Å². The molecule has 1 aromatic carbocycles. The van der Waals surface area contributed by atoms with E-state index < -0.39 is 0 Å². The van der Waals surface area contributed by atoms with Gasteiger partial charge in [-0.25, -0.2) is 0 Å². The van der Waals surface area contributed by atoms with Crippen molar-refractivity contribution in [3.63, 3.8) is 0 Å². The minimum Gasteiger partial charge on any atom is -0.496 e. The molecular formula is C14H20N2O2. The zero-order valence-corrected chi connectivity index (χ0v) is 10.7. The van der Waals surface area contributed by atoms with Crippen LogP contribution in [-0.4, -0.2) is 26.1 Å². The van der Waals surface area contributed by atoms with Gasteiger partial charge in [0.1, 0.15) is 5.75 Å². The van der Waals surface area contributed by atoms with Crippen LogP contribution in [0.4, 0.5) is 0 Å². The number of amides is 1. The van der Waals surface area contributed by atoms with Gasteiger partial charge in [0.15, 0.2) is 0 Å². The highest BCUT2D eigenvalue weighted by Gasteiger charge is 2.40. The summed E-state index contributed by atoms with van der Waals surface area (Å²) in [5.41, 5.74) is 6.53. The third kappa shape index (κ3) is 2.34. The quantitative estimate of drug-likeness (QED) is 0.822. The first-order chi connectivity index (χ1) is 8.72. The lowest BCUT2D eigenvalue weighted by Crippen LogP contribution is -2.47. The largest absolute Gasteiger partial charge is 0.496 e. The molecular weight excluding hydrogens is 228 g/mol. The average molecular weight is 248 g/mol. The van der Waals surface area contributed by atoms with E-state index in [1.165, 1.54) is 12.0 Å². The summed E-state index contributed by atoms with van der Waals surface area (Å²) in [4.78, 5) is 11.3. The maximum atomic E-state index is 11.3. The lowest BCUT2D eigenvalue weighted by molar-refractivity contribution is -0.120. The lowest BCUT2D eigenvalue weighted by atomic mass is 9.64. The molecule has 3 N–H and O–H groups in total. The number of nitrogens with two attached hydrogens (primary N) is 1. The summed E-state index contributed by atoms with van der Waals surface area (Å²) in [6.45, 7) is 0.686. The molecule has 2 rings (SSSR count). The van der Waals surface area contributed by atoms with Crippen molar-refractivity contribution in [1.82, 2.24) is 5.32 Å². The molecule has 1 saturated carbocycles. The summed E-state index contributed by atoms with van der Waals surface area (Å²) in [6.07, 6.45) is 3.35. The highest BCUT2D eigenvalue weighted by Crippen LogP contribution is 2.46. The fourth-order valence-electron chi connectivity index (χ4n) is 2.57. The lowest BCUT2D eigenvalue weighted by Gasteiger charge is -2.43. The Morgan fingerprint density at radius 2 is 2.17 bits per heavy atom. The number of carbonyl (C=O) groups is 1. The summed E-state index contributed by atoms with van der Waals surface area (Å²) in [5, 5.41) is 2.91. The Morgan fingerprint density at radius 1 is 1.44 bits per heavy atom. The fraction of sp³-hybridized carbons (Fsp3) is 0.500. The van der Waals surface area contributed by atoms with Gasteiger partial charge in [0.2, 0.25) is 5.91 Å². The Bertz CT molecular complexity index is 428. The average Bonchev–Trinajstić information content (AvgIpc) is 2.37. The van der Waals surface area contributed by atoms with Crippen LogP contribution < -0.4 is 15.8 Å². The predicted molar refractivity (Wildman–Crippen MR) is 70.6 cm³/mol. The van der Waals surface area contributed by atoms with Gasteiger partial charge in [0.25, 0.3) is 0 Å². The molecule has 1 aromatic rings. The molecule has 0 radical (unpaired) electrons. The van der Waals surface area contributed by atoms with Crippen LogP contribution in [-0.2, 0) is 10.2 Å². The second kappa shape index (κ2) is 5.40. The Hall–Kier alpha value is -1.55. The molecule has 4 nitrogen and oxygen atoms in total. The van der Waals surface area contributed by atoms with Gasteiger partial charge in [-0.05, 0) is 18.9 Å². The van der Waals surface area contributed by atoms with E-state index in [1.807, 2.05) is 18.2 Å². The van der Waals surface area contributed by atoms with E-state index in [9.17, 15) is 4.79 Å². The van der Waals surface area contributed by atoms with E-state index in [4.69, 9.17) is 10.5 Å². The van der Waals surface area contributed by atoms with Crippen molar-refractivity contribution in [3.8, 4) is 5.75 Å². The van der Waals surface area contributed by atoms with Crippen molar-refractivity contribution in [3.05, 3.63) is 29.8 Å². The van der Waals surface area contributed by atoms with Gasteiger partial charge in [0, 0.05) is 17.5 Å². The Labute approximate surface area is 108 Å². The summed E-state index contributed by atoms with van der Waals surface area (Å²) >= 11 is 0. The summed E-state index contributed by atoms with van der Waals surface area (Å²) in [6, 6.07) is 8.04. The van der Waals surface area contributed by atoms with E-state index in [0.717, 1.165) is 18.6 Å². The van der Waals surface area contributed by atoms with Crippen LogP contribution in [0.1, 0.15) is 24.8 Å². The van der Waals surface area contributed by atoms with E-state index in [1.54, 1.807) is 7.11 Å². The first kappa shape index (κ1) is 12.9. The van der Waals surface area contributed by atoms with Gasteiger partial charge in [-0.3, -0.25) is 4.79 Å². The van der Waals surface area contributed by atoms with Crippen LogP contribution in [0, 0.1) is 0 Å². The SMILES string of the molecule is COc1ccccc1C1(CNC(=O)CN)CCC1. The third-order valence-electron chi connectivity index (χ3n) is 3.80. The van der Waals surface area contributed by atoms with Gasteiger partial charge in [-0.15, -0.1) is 0 Å². The Balaban J connectivity index is 2.18. The molecule has 0 aromatic heterocycles. The van der Waals surface area contributed by atoms with E-state index in [-0.39, 0.29) is 17.9 Å². The number of hydrogen-bond donors (Lipinski definition) is 2. The van der Waals surface area contributed by atoms with Gasteiger partial charge < -0.3 is 15.8 Å². The van der Waals surface area contributed by atoms with Crippen LogP contribution in [0.5, 0.6) is 5.75 Å². The van der Waals surface area contributed by atoms with Crippen molar-refractivity contribution in [2.75, 3.05) is 20.2 Å². The molecule has 1 fully saturated rings. The maximum absolute atomic E-state index is 11.3. The second-order valence-corrected chi connectivity index (χ2v) is 4.82. The van der Waals surface area contributed by atoms with Crippen molar-refractivity contribution < 1.29 is 9.53 Å². The van der Waals surface area contributed by atoms with Crippen LogP contribution in [0.2, 0.25) is 0 Å². The maximum Gasteiger partial charge on any atom is 0.233 e. The molecule has 0 aliphatic heterocycles. The molecule has 1 amide bonds. The monoisotopic (exact) mass is 248 g/mol. The molecule has 18 heavy (non-hydrogen) atoms. The number of hydrogen-bond acceptors (Lipinski definition) is 3. The summed E-state index contributed by atoms with van der Waals surface area (Å²) < 4.78 is 5.42. The molecule has 0 bridgehead atoms. The predicted octanol–water partition coefficient (Wildman–Crippen LogP) is 1.19. The number of para-hydroxylation sites is 1. The van der Waals surface area contributed by atoms with Crippen LogP contribution >= 0.6 is 0 Å². The zero-order valence-electron chi connectivity index (χ0n) is 10.7. The third-order valence-corrected chi connectivity index (χ3v) is 3.80. The Kier molecular flexibility index (Phi) is 3.87. The minimum absolute atomic E-state index is 0.0252. The molecule has 98 valence electrons. The van der Waals surface area contributed by atoms with Crippen LogP contribution in [0.3, 0.4) is 0 Å². The second-order valence-electron chi connectivity index (χ2n) is 4.82. The smallest absolute Gasteiger partial charge is 0.233 e. The number of methoxy groups -OCH3 is 1. The summed E-state index contributed by atoms with van der Waals surface area (Å²) in [5.74, 6) is 0.801. The number of rotatable bonds is 5. The highest BCUT2D eigenvalue weighted by atomic mass is 16.5. The van der Waals surface area contributed by atoms with Crippen molar-refractivity contribution >= 4 is 5.91 Å². The number of ether oxygens (including phenoxy) is 1. The fourth-order valence-corrected chi connectivity index (χ4v) is 2.57. The summed E-state index contributed by atoms with van der Waals surface area (Å²) in [7, 11) is 1.68. The molecule has 0 unspecified atom stereocenters. The molecule has 0 saturated heterocycles. The molecule has 0 heterocycles. The Morgan fingerprint density at radius 3 is 2.72 bits per heavy atom. The van der Waals surface area contributed by atoms with E-state index in [0.29, 0.717) is 6.54 Å². The standard InChI is InChI=1S/C14H20N2O2/c1-18-12-6-3-2-5-11(12)14(7-4-8-14)10-16-13(17)9-15/h2-3,5-6H,4,7-10,15H2,1H3,(H,16,17). The highest BCUT2D eigenvalue weighted by molar-refractivity contribution is 5.77. The minimum atomic E-state index is -0.101. The normalized spacial score (nSPS) is 16.8. The first-order valence-corrected chi connectivity index (χ1v) is 6.32. The van der Waals surface area contributed by atoms with Gasteiger partial charge in [0.05, 0.1) is 13.7 Å². The number of nitrogens with one attached hydrogen (secondary N) is 1. The van der Waals surface area contributed by atoms with Crippen molar-refractivity contribution in [1.29, 1.82) is 0 Å². The van der Waals surface area contributed by atoms with Crippen LogP contribution in [0.15, 0.2) is 24.3 Å². The molecule has 0 spiro atoms. The van der Waals surface area contributed by atoms with E-state index >= 15 is 0 Å².